The van der Waals surface area contributed by atoms with Crippen LogP contribution in [0.4, 0.5) is 5.82 Å². The second kappa shape index (κ2) is 11.1. The van der Waals surface area contributed by atoms with E-state index in [-0.39, 0.29) is 24.9 Å². The average Bonchev–Trinajstić information content (AvgIpc) is 3.61. The lowest BCUT2D eigenvalue weighted by atomic mass is 10.1. The zero-order chi connectivity index (χ0) is 27.5. The van der Waals surface area contributed by atoms with Gasteiger partial charge in [0.25, 0.3) is 5.56 Å². The molecule has 0 radical (unpaired) electrons. The molecule has 0 aliphatic rings. The van der Waals surface area contributed by atoms with Crippen molar-refractivity contribution in [2.45, 2.75) is 19.6 Å². The van der Waals surface area contributed by atoms with Crippen LogP contribution in [0.2, 0.25) is 0 Å². The Balaban J connectivity index is 1.31. The molecule has 6 rings (SSSR count). The molecule has 0 saturated heterocycles. The van der Waals surface area contributed by atoms with Crippen LogP contribution in [0.1, 0.15) is 35.6 Å². The fourth-order valence-electron chi connectivity index (χ4n) is 4.39. The second-order valence-corrected chi connectivity index (χ2v) is 9.66. The Hall–Kier alpha value is -4.89. The topological polar surface area (TPSA) is 125 Å². The number of anilines is 1. The van der Waals surface area contributed by atoms with Gasteiger partial charge in [0.1, 0.15) is 11.5 Å². The number of nitrogens with zero attached hydrogens (tertiary/aromatic N) is 6. The SMILES string of the molecule is C[C@@H](NCOCc1c(N)nn2cccnc12)c1nc2cccc(C#Cc3cscn3)c2c(=O)n1-c1ccccc1. The first-order chi connectivity index (χ1) is 19.6. The highest BCUT2D eigenvalue weighted by Crippen LogP contribution is 2.21. The summed E-state index contributed by atoms with van der Waals surface area (Å²) < 4.78 is 9.13. The lowest BCUT2D eigenvalue weighted by molar-refractivity contribution is 0.0967. The molecule has 1 atom stereocenters. The lowest BCUT2D eigenvalue weighted by Gasteiger charge is -2.20. The summed E-state index contributed by atoms with van der Waals surface area (Å²) in [7, 11) is 0. The van der Waals surface area contributed by atoms with Crippen molar-refractivity contribution >= 4 is 33.7 Å². The van der Waals surface area contributed by atoms with Gasteiger partial charge in [-0.3, -0.25) is 14.7 Å². The van der Waals surface area contributed by atoms with Gasteiger partial charge < -0.3 is 10.5 Å². The number of fused-ring (bicyclic) bond motifs is 2. The van der Waals surface area contributed by atoms with Crippen LogP contribution in [-0.4, -0.2) is 35.9 Å². The monoisotopic (exact) mass is 548 g/mol. The highest BCUT2D eigenvalue weighted by atomic mass is 32.1. The molecular formula is C29H24N8O2S. The summed E-state index contributed by atoms with van der Waals surface area (Å²) in [6.45, 7) is 2.35. The number of nitrogen functional groups attached to an aromatic ring is 1. The van der Waals surface area contributed by atoms with Gasteiger partial charge in [-0.1, -0.05) is 30.2 Å². The van der Waals surface area contributed by atoms with E-state index in [9.17, 15) is 4.79 Å². The quantitative estimate of drug-likeness (QED) is 0.176. The van der Waals surface area contributed by atoms with E-state index in [1.165, 1.54) is 11.3 Å². The third-order valence-electron chi connectivity index (χ3n) is 6.34. The summed E-state index contributed by atoms with van der Waals surface area (Å²) in [5, 5.41) is 9.91. The predicted molar refractivity (Wildman–Crippen MR) is 154 cm³/mol. The molecule has 3 N–H and O–H groups in total. The van der Waals surface area contributed by atoms with Gasteiger partial charge in [0.15, 0.2) is 11.5 Å². The van der Waals surface area contributed by atoms with Gasteiger partial charge in [0, 0.05) is 23.3 Å². The molecule has 4 aromatic heterocycles. The van der Waals surface area contributed by atoms with E-state index in [0.717, 1.165) is 0 Å². The van der Waals surface area contributed by atoms with Crippen molar-refractivity contribution in [3.63, 3.8) is 0 Å². The maximum absolute atomic E-state index is 14.0. The normalized spacial score (nSPS) is 11.9. The molecule has 6 aromatic rings. The maximum Gasteiger partial charge on any atom is 0.267 e. The fraction of sp³-hybridized carbons (Fsp3) is 0.138. The summed E-state index contributed by atoms with van der Waals surface area (Å²) in [6.07, 6.45) is 3.47. The number of para-hydroxylation sites is 1. The van der Waals surface area contributed by atoms with E-state index in [1.54, 1.807) is 33.1 Å². The smallest absolute Gasteiger partial charge is 0.267 e. The number of aromatic nitrogens is 6. The largest absolute Gasteiger partial charge is 0.382 e. The summed E-state index contributed by atoms with van der Waals surface area (Å²) in [6, 6.07) is 16.4. The van der Waals surface area contributed by atoms with Crippen molar-refractivity contribution in [3.8, 4) is 17.5 Å². The Morgan fingerprint density at radius 1 is 1.10 bits per heavy atom. The van der Waals surface area contributed by atoms with Crippen LogP contribution in [-0.2, 0) is 11.3 Å². The molecular weight excluding hydrogens is 524 g/mol. The van der Waals surface area contributed by atoms with E-state index in [1.807, 2.05) is 60.8 Å². The van der Waals surface area contributed by atoms with E-state index in [2.05, 4.69) is 32.2 Å². The maximum atomic E-state index is 14.0. The molecule has 0 unspecified atom stereocenters. The Morgan fingerprint density at radius 2 is 1.98 bits per heavy atom. The van der Waals surface area contributed by atoms with Crippen molar-refractivity contribution in [1.82, 2.24) is 34.4 Å². The van der Waals surface area contributed by atoms with Gasteiger partial charge in [-0.05, 0) is 43.2 Å². The summed E-state index contributed by atoms with van der Waals surface area (Å²) in [4.78, 5) is 27.5. The first-order valence-corrected chi connectivity index (χ1v) is 13.4. The third-order valence-corrected chi connectivity index (χ3v) is 6.93. The van der Waals surface area contributed by atoms with Crippen molar-refractivity contribution in [2.75, 3.05) is 12.5 Å². The van der Waals surface area contributed by atoms with Crippen LogP contribution in [0.25, 0.3) is 22.2 Å². The number of hydrogen-bond donors (Lipinski definition) is 2. The molecule has 0 spiro atoms. The van der Waals surface area contributed by atoms with Crippen LogP contribution < -0.4 is 16.6 Å². The number of hydrogen-bond acceptors (Lipinski definition) is 9. The third kappa shape index (κ3) is 4.94. The van der Waals surface area contributed by atoms with E-state index in [0.29, 0.717) is 50.7 Å². The van der Waals surface area contributed by atoms with Crippen molar-refractivity contribution in [2.24, 2.45) is 0 Å². The number of nitrogens with one attached hydrogen (secondary N) is 1. The Kier molecular flexibility index (Phi) is 7.03. The van der Waals surface area contributed by atoms with E-state index < -0.39 is 0 Å². The molecule has 0 bridgehead atoms. The van der Waals surface area contributed by atoms with Crippen LogP contribution >= 0.6 is 11.3 Å². The van der Waals surface area contributed by atoms with Crippen molar-refractivity contribution in [3.05, 3.63) is 111 Å². The molecule has 2 aromatic carbocycles. The minimum atomic E-state index is -0.332. The van der Waals surface area contributed by atoms with Gasteiger partial charge >= 0.3 is 0 Å². The highest BCUT2D eigenvalue weighted by molar-refractivity contribution is 7.07. The minimum absolute atomic E-state index is 0.187. The van der Waals surface area contributed by atoms with Crippen LogP contribution in [0.15, 0.2) is 82.7 Å². The zero-order valence-electron chi connectivity index (χ0n) is 21.5. The van der Waals surface area contributed by atoms with E-state index >= 15 is 0 Å². The van der Waals surface area contributed by atoms with Gasteiger partial charge in [-0.15, -0.1) is 16.4 Å². The molecule has 0 saturated carbocycles. The van der Waals surface area contributed by atoms with Gasteiger partial charge in [-0.25, -0.2) is 19.5 Å². The molecule has 198 valence electrons. The van der Waals surface area contributed by atoms with Crippen LogP contribution in [0.3, 0.4) is 0 Å². The number of thiazole rings is 1. The second-order valence-electron chi connectivity index (χ2n) is 8.94. The Bertz CT molecular complexity index is 1920. The average molecular weight is 549 g/mol. The molecule has 0 aliphatic carbocycles. The number of benzene rings is 2. The lowest BCUT2D eigenvalue weighted by Crippen LogP contribution is -2.31. The van der Waals surface area contributed by atoms with Crippen LogP contribution in [0.5, 0.6) is 0 Å². The Morgan fingerprint density at radius 3 is 2.80 bits per heavy atom. The molecule has 0 aliphatic heterocycles. The standard InChI is InChI=1S/C29H24N8O2S/c1-19(32-17-39-15-23-26(30)35-36-14-6-13-31-28(23)36)27-34-24-10-5-7-20(11-12-21-16-40-18-33-21)25(24)29(38)37(27)22-8-3-2-4-9-22/h2-10,13-14,16,18-19,32H,15,17H2,1H3,(H2,30,35)/t19-/m1/s1. The van der Waals surface area contributed by atoms with Crippen molar-refractivity contribution < 1.29 is 4.74 Å². The van der Waals surface area contributed by atoms with Gasteiger partial charge in [-0.2, -0.15) is 0 Å². The first-order valence-electron chi connectivity index (χ1n) is 12.5. The first kappa shape index (κ1) is 25.4. The minimum Gasteiger partial charge on any atom is -0.382 e. The highest BCUT2D eigenvalue weighted by Gasteiger charge is 2.19. The zero-order valence-corrected chi connectivity index (χ0v) is 22.3. The molecule has 10 nitrogen and oxygen atoms in total. The van der Waals surface area contributed by atoms with Crippen LogP contribution in [0, 0.1) is 11.8 Å². The summed E-state index contributed by atoms with van der Waals surface area (Å²) in [5.74, 6) is 7.08. The van der Waals surface area contributed by atoms with Gasteiger partial charge in [0.2, 0.25) is 0 Å². The summed E-state index contributed by atoms with van der Waals surface area (Å²) in [5.41, 5.74) is 11.5. The van der Waals surface area contributed by atoms with Gasteiger partial charge in [0.05, 0.1) is 47.0 Å². The number of ether oxygens (including phenoxy) is 1. The molecule has 0 fully saturated rings. The van der Waals surface area contributed by atoms with E-state index in [4.69, 9.17) is 15.5 Å². The number of rotatable bonds is 7. The number of nitrogens with two attached hydrogens (primary N) is 1. The summed E-state index contributed by atoms with van der Waals surface area (Å²) >= 11 is 1.47. The molecule has 40 heavy (non-hydrogen) atoms. The molecule has 4 heterocycles. The van der Waals surface area contributed by atoms with Crippen molar-refractivity contribution in [1.29, 1.82) is 0 Å². The fourth-order valence-corrected chi connectivity index (χ4v) is 4.88. The predicted octanol–water partition coefficient (Wildman–Crippen LogP) is 3.69. The molecule has 11 heteroatoms. The molecule has 0 amide bonds. The Labute approximate surface area is 233 Å².